The molecule has 90 valence electrons. The molecule has 0 amide bonds. The van der Waals surface area contributed by atoms with Crippen molar-refractivity contribution in [3.05, 3.63) is 58.7 Å². The van der Waals surface area contributed by atoms with Crippen LogP contribution in [-0.2, 0) is 12.8 Å². The van der Waals surface area contributed by atoms with Gasteiger partial charge in [0.1, 0.15) is 0 Å². The van der Waals surface area contributed by atoms with Crippen LogP contribution in [-0.4, -0.2) is 5.54 Å². The van der Waals surface area contributed by atoms with Gasteiger partial charge in [0.15, 0.2) is 0 Å². The summed E-state index contributed by atoms with van der Waals surface area (Å²) >= 11 is 0. The lowest BCUT2D eigenvalue weighted by atomic mass is 9.86. The maximum absolute atomic E-state index is 6.60. The number of nitrogens with two attached hydrogens (primary N) is 1. The Bertz CT molecular complexity index is 451. The van der Waals surface area contributed by atoms with Crippen LogP contribution in [0.5, 0.6) is 0 Å². The molecule has 1 aliphatic carbocycles. The average Bonchev–Trinajstić information content (AvgIpc) is 2.62. The standard InChI is InChI=1S/C16H21N/c1-4-15(9-12(2)3)16(17)10-13-7-5-6-8-14(13)11-16/h4-9H,10-11,17H2,1-3H3/b15-4+. The van der Waals surface area contributed by atoms with Crippen LogP contribution in [0.3, 0.4) is 0 Å². The zero-order valence-corrected chi connectivity index (χ0v) is 11.0. The first-order chi connectivity index (χ1) is 8.05. The van der Waals surface area contributed by atoms with Gasteiger partial charge in [-0.15, -0.1) is 0 Å². The highest BCUT2D eigenvalue weighted by atomic mass is 14.8. The van der Waals surface area contributed by atoms with Crippen LogP contribution >= 0.6 is 0 Å². The number of fused-ring (bicyclic) bond motifs is 1. The van der Waals surface area contributed by atoms with Gasteiger partial charge in [-0.1, -0.05) is 42.0 Å². The number of allylic oxidation sites excluding steroid dienone is 2. The van der Waals surface area contributed by atoms with Crippen LogP contribution in [0.25, 0.3) is 0 Å². The summed E-state index contributed by atoms with van der Waals surface area (Å²) in [5, 5.41) is 0. The van der Waals surface area contributed by atoms with Crippen LogP contribution in [0, 0.1) is 0 Å². The molecule has 1 nitrogen and oxygen atoms in total. The number of rotatable bonds is 2. The Kier molecular flexibility index (Phi) is 3.21. The monoisotopic (exact) mass is 227 g/mol. The van der Waals surface area contributed by atoms with E-state index in [1.807, 2.05) is 0 Å². The van der Waals surface area contributed by atoms with Crippen molar-refractivity contribution < 1.29 is 0 Å². The highest BCUT2D eigenvalue weighted by Gasteiger charge is 2.35. The minimum absolute atomic E-state index is 0.213. The molecule has 0 unspecified atom stereocenters. The van der Waals surface area contributed by atoms with Crippen molar-refractivity contribution in [2.75, 3.05) is 0 Å². The molecular weight excluding hydrogens is 206 g/mol. The van der Waals surface area contributed by atoms with Gasteiger partial charge in [0.05, 0.1) is 0 Å². The van der Waals surface area contributed by atoms with Gasteiger partial charge < -0.3 is 5.73 Å². The summed E-state index contributed by atoms with van der Waals surface area (Å²) in [4.78, 5) is 0. The van der Waals surface area contributed by atoms with Crippen LogP contribution in [0.2, 0.25) is 0 Å². The van der Waals surface area contributed by atoms with Crippen LogP contribution < -0.4 is 5.73 Å². The highest BCUT2D eigenvalue weighted by Crippen LogP contribution is 2.34. The molecule has 2 N–H and O–H groups in total. The molecule has 1 aromatic rings. The Hall–Kier alpha value is -1.34. The Morgan fingerprint density at radius 3 is 2.12 bits per heavy atom. The zero-order valence-electron chi connectivity index (χ0n) is 11.0. The van der Waals surface area contributed by atoms with Gasteiger partial charge in [-0.2, -0.15) is 0 Å². The lowest BCUT2D eigenvalue weighted by Gasteiger charge is -2.25. The number of benzene rings is 1. The first kappa shape index (κ1) is 12.1. The normalized spacial score (nSPS) is 17.8. The summed E-state index contributed by atoms with van der Waals surface area (Å²) in [6.07, 6.45) is 6.27. The third-order valence-corrected chi connectivity index (χ3v) is 3.46. The molecular formula is C16H21N. The molecule has 0 aromatic heterocycles. The lowest BCUT2D eigenvalue weighted by Crippen LogP contribution is -2.42. The maximum atomic E-state index is 6.60. The SMILES string of the molecule is C/C=C(\C=C(C)C)C1(N)Cc2ccccc2C1. The van der Waals surface area contributed by atoms with Crippen molar-refractivity contribution in [1.82, 2.24) is 0 Å². The fourth-order valence-corrected chi connectivity index (χ4v) is 2.67. The third kappa shape index (κ3) is 2.34. The molecule has 0 spiro atoms. The smallest absolute Gasteiger partial charge is 0.0488 e. The molecule has 1 aromatic carbocycles. The lowest BCUT2D eigenvalue weighted by molar-refractivity contribution is 0.538. The van der Waals surface area contributed by atoms with E-state index >= 15 is 0 Å². The second kappa shape index (κ2) is 4.50. The van der Waals surface area contributed by atoms with Gasteiger partial charge in [0, 0.05) is 5.54 Å². The Morgan fingerprint density at radius 2 is 1.71 bits per heavy atom. The van der Waals surface area contributed by atoms with Gasteiger partial charge in [-0.3, -0.25) is 0 Å². The first-order valence-electron chi connectivity index (χ1n) is 6.22. The largest absolute Gasteiger partial charge is 0.321 e. The fraction of sp³-hybridized carbons (Fsp3) is 0.375. The van der Waals surface area contributed by atoms with Crippen molar-refractivity contribution in [2.45, 2.75) is 39.2 Å². The van der Waals surface area contributed by atoms with E-state index in [0.717, 1.165) is 12.8 Å². The zero-order chi connectivity index (χ0) is 12.5. The van der Waals surface area contributed by atoms with Gasteiger partial charge in [-0.05, 0) is 50.3 Å². The molecule has 0 aliphatic heterocycles. The van der Waals surface area contributed by atoms with E-state index in [1.54, 1.807) is 0 Å². The molecule has 0 bridgehead atoms. The molecule has 0 saturated heterocycles. The van der Waals surface area contributed by atoms with E-state index < -0.39 is 0 Å². The van der Waals surface area contributed by atoms with Crippen molar-refractivity contribution in [1.29, 1.82) is 0 Å². The Morgan fingerprint density at radius 1 is 1.18 bits per heavy atom. The van der Waals surface area contributed by atoms with E-state index in [4.69, 9.17) is 5.73 Å². The van der Waals surface area contributed by atoms with Gasteiger partial charge in [0.25, 0.3) is 0 Å². The molecule has 0 fully saturated rings. The van der Waals surface area contributed by atoms with E-state index in [2.05, 4.69) is 57.2 Å². The van der Waals surface area contributed by atoms with Gasteiger partial charge in [-0.25, -0.2) is 0 Å². The fourth-order valence-electron chi connectivity index (χ4n) is 2.67. The molecule has 1 aliphatic rings. The molecule has 0 radical (unpaired) electrons. The topological polar surface area (TPSA) is 26.0 Å². The predicted octanol–water partition coefficient (Wildman–Crippen LogP) is 3.40. The quantitative estimate of drug-likeness (QED) is 0.770. The number of hydrogen-bond donors (Lipinski definition) is 1. The summed E-state index contributed by atoms with van der Waals surface area (Å²) in [6, 6.07) is 8.58. The summed E-state index contributed by atoms with van der Waals surface area (Å²) < 4.78 is 0. The van der Waals surface area contributed by atoms with Crippen LogP contribution in [0.15, 0.2) is 47.6 Å². The summed E-state index contributed by atoms with van der Waals surface area (Å²) in [6.45, 7) is 6.32. The van der Waals surface area contributed by atoms with Gasteiger partial charge in [0.2, 0.25) is 0 Å². The number of hydrogen-bond acceptors (Lipinski definition) is 1. The third-order valence-electron chi connectivity index (χ3n) is 3.46. The van der Waals surface area contributed by atoms with E-state index in [0.29, 0.717) is 0 Å². The average molecular weight is 227 g/mol. The molecule has 0 saturated carbocycles. The summed E-state index contributed by atoms with van der Waals surface area (Å²) in [5.41, 5.74) is 11.7. The predicted molar refractivity (Wildman–Crippen MR) is 74.0 cm³/mol. The Balaban J connectivity index is 2.33. The van der Waals surface area contributed by atoms with Crippen molar-refractivity contribution in [3.63, 3.8) is 0 Å². The van der Waals surface area contributed by atoms with Gasteiger partial charge >= 0.3 is 0 Å². The first-order valence-corrected chi connectivity index (χ1v) is 6.22. The maximum Gasteiger partial charge on any atom is 0.0488 e. The summed E-state index contributed by atoms with van der Waals surface area (Å²) in [7, 11) is 0. The minimum atomic E-state index is -0.213. The second-order valence-electron chi connectivity index (χ2n) is 5.24. The summed E-state index contributed by atoms with van der Waals surface area (Å²) in [5.74, 6) is 0. The second-order valence-corrected chi connectivity index (χ2v) is 5.24. The molecule has 2 rings (SSSR count). The van der Waals surface area contributed by atoms with Crippen molar-refractivity contribution >= 4 is 0 Å². The molecule has 17 heavy (non-hydrogen) atoms. The van der Waals surface area contributed by atoms with E-state index in [1.165, 1.54) is 22.3 Å². The van der Waals surface area contributed by atoms with Crippen LogP contribution in [0.1, 0.15) is 31.9 Å². The minimum Gasteiger partial charge on any atom is -0.321 e. The molecule has 0 atom stereocenters. The van der Waals surface area contributed by atoms with Crippen molar-refractivity contribution in [2.24, 2.45) is 5.73 Å². The van der Waals surface area contributed by atoms with E-state index in [9.17, 15) is 0 Å². The highest BCUT2D eigenvalue weighted by molar-refractivity contribution is 5.45. The van der Waals surface area contributed by atoms with E-state index in [-0.39, 0.29) is 5.54 Å². The molecule has 1 heteroatoms. The van der Waals surface area contributed by atoms with Crippen molar-refractivity contribution in [3.8, 4) is 0 Å². The van der Waals surface area contributed by atoms with Crippen LogP contribution in [0.4, 0.5) is 0 Å². The Labute approximate surface area is 104 Å². The molecule has 0 heterocycles.